The van der Waals surface area contributed by atoms with E-state index in [1.165, 1.54) is 30.4 Å². The van der Waals surface area contributed by atoms with E-state index < -0.39 is 0 Å². The van der Waals surface area contributed by atoms with Gasteiger partial charge in [0.15, 0.2) is 11.6 Å². The van der Waals surface area contributed by atoms with Gasteiger partial charge < -0.3 is 14.7 Å². The number of fused-ring (bicyclic) bond motifs is 5. The Morgan fingerprint density at radius 2 is 1.53 bits per heavy atom. The number of allylic oxidation sites excluding steroid dienone is 6. The lowest BCUT2D eigenvalue weighted by atomic mass is 9.52. The minimum atomic E-state index is -0.136. The second kappa shape index (κ2) is 12.6. The summed E-state index contributed by atoms with van der Waals surface area (Å²) >= 11 is 0. The molecule has 3 aliphatic heterocycles. The lowest BCUT2D eigenvalue weighted by Crippen LogP contribution is -2.59. The van der Waals surface area contributed by atoms with Crippen LogP contribution in [0.1, 0.15) is 106 Å². The van der Waals surface area contributed by atoms with Crippen LogP contribution in [-0.4, -0.2) is 83.3 Å². The molecule has 4 aliphatic carbocycles. The Hall–Kier alpha value is -3.00. The molecule has 0 unspecified atom stereocenters. The van der Waals surface area contributed by atoms with Gasteiger partial charge in [-0.3, -0.25) is 14.5 Å². The van der Waals surface area contributed by atoms with E-state index in [1.807, 2.05) is 6.08 Å². The molecular weight excluding hydrogens is 633 g/mol. The molecule has 0 bridgehead atoms. The number of hydrogen-bond donors (Lipinski definition) is 0. The fourth-order valence-corrected chi connectivity index (χ4v) is 12.3. The molecule has 276 valence electrons. The van der Waals surface area contributed by atoms with Crippen molar-refractivity contribution in [3.05, 3.63) is 41.5 Å². The number of ketones is 2. The second-order valence-electron chi connectivity index (χ2n) is 19.0. The Bertz CT molecular complexity index is 1650. The molecule has 8 rings (SSSR count). The Kier molecular flexibility index (Phi) is 8.63. The minimum Gasteiger partial charge on any atom is -0.356 e. The Balaban J connectivity index is 0.972. The largest absolute Gasteiger partial charge is 0.356 e. The number of nitrogens with zero attached hydrogens (tertiary/aromatic N) is 6. The zero-order valence-corrected chi connectivity index (χ0v) is 32.5. The molecule has 1 aromatic rings. The first-order valence-corrected chi connectivity index (χ1v) is 20.3. The standard InChI is InChI=1S/C43H62N6O2/c1-29-25-34-32-12-11-30-26-31(50)13-17-42(30,6)33(32)14-18-43(34,7)38(29)35(51)28-46-21-23-48(24-22-46)37-27-36(47-19-8-9-20-47)44-39(45-37)49-40(2,3)15-10-16-41(49,4)5/h13-14,17,26-27,29,32,34,38H,8-12,15-16,18-25,28H2,1-7H3/t29-,32-,34+,38-,42+,43+/m1/s1. The smallest absolute Gasteiger partial charge is 0.230 e. The Morgan fingerprint density at radius 3 is 2.20 bits per heavy atom. The Morgan fingerprint density at radius 1 is 0.882 bits per heavy atom. The highest BCUT2D eigenvalue weighted by Gasteiger charge is 2.59. The fourth-order valence-electron chi connectivity index (χ4n) is 12.3. The summed E-state index contributed by atoms with van der Waals surface area (Å²) in [6.45, 7) is 22.6. The number of aromatic nitrogens is 2. The zero-order chi connectivity index (χ0) is 35.9. The van der Waals surface area contributed by atoms with E-state index >= 15 is 0 Å². The van der Waals surface area contributed by atoms with Crippen molar-refractivity contribution < 1.29 is 9.59 Å². The molecular formula is C43H62N6O2. The van der Waals surface area contributed by atoms with Crippen molar-refractivity contribution in [3.8, 4) is 0 Å². The number of rotatable bonds is 6. The number of Topliss-reactive ketones (excluding diaryl/α,β-unsaturated/α-hetero) is 1. The summed E-state index contributed by atoms with van der Waals surface area (Å²) < 4.78 is 0. The molecule has 6 atom stereocenters. The third kappa shape index (κ3) is 5.90. The minimum absolute atomic E-state index is 0.00238. The van der Waals surface area contributed by atoms with E-state index in [2.05, 4.69) is 86.3 Å². The maximum absolute atomic E-state index is 14.4. The van der Waals surface area contributed by atoms with Gasteiger partial charge in [0, 0.05) is 67.7 Å². The Labute approximate surface area is 306 Å². The van der Waals surface area contributed by atoms with Crippen LogP contribution in [0, 0.1) is 34.5 Å². The second-order valence-corrected chi connectivity index (χ2v) is 19.0. The van der Waals surface area contributed by atoms with Crippen molar-refractivity contribution in [3.63, 3.8) is 0 Å². The summed E-state index contributed by atoms with van der Waals surface area (Å²) in [4.78, 5) is 47.0. The summed E-state index contributed by atoms with van der Waals surface area (Å²) in [6.07, 6.45) is 18.4. The molecule has 5 fully saturated rings. The first-order valence-electron chi connectivity index (χ1n) is 20.3. The van der Waals surface area contributed by atoms with Crippen LogP contribution in [0.5, 0.6) is 0 Å². The fraction of sp³-hybridized carbons (Fsp3) is 0.721. The van der Waals surface area contributed by atoms with Crippen molar-refractivity contribution in [1.82, 2.24) is 14.9 Å². The SMILES string of the molecule is C[C@@H]1C[C@H]2[C@@H]3CCC4=CC(=O)C=C[C@]4(C)C3=CC[C@]2(C)[C@H]1C(=O)CN1CCN(c2cc(N3CCCC3)nc(N3C(C)(C)CCCC3(C)C)n2)CC1. The molecule has 0 spiro atoms. The first kappa shape index (κ1) is 35.1. The molecule has 4 heterocycles. The van der Waals surface area contributed by atoms with E-state index in [9.17, 15) is 9.59 Å². The molecule has 7 aliphatic rings. The van der Waals surface area contributed by atoms with E-state index in [1.54, 1.807) is 6.08 Å². The van der Waals surface area contributed by atoms with Gasteiger partial charge in [-0.2, -0.15) is 9.97 Å². The molecule has 3 saturated heterocycles. The van der Waals surface area contributed by atoms with Crippen LogP contribution in [0.4, 0.5) is 17.6 Å². The van der Waals surface area contributed by atoms with Gasteiger partial charge in [-0.25, -0.2) is 0 Å². The number of piperidine rings is 1. The third-order valence-corrected chi connectivity index (χ3v) is 14.8. The number of carbonyl (C=O) groups is 2. The molecule has 8 nitrogen and oxygen atoms in total. The lowest BCUT2D eigenvalue weighted by molar-refractivity contribution is -0.129. The van der Waals surface area contributed by atoms with E-state index in [4.69, 9.17) is 9.97 Å². The molecule has 0 amide bonds. The van der Waals surface area contributed by atoms with Crippen molar-refractivity contribution in [2.45, 2.75) is 117 Å². The van der Waals surface area contributed by atoms with Gasteiger partial charge in [-0.15, -0.1) is 0 Å². The normalized spacial score (nSPS) is 36.0. The average molecular weight is 695 g/mol. The quantitative estimate of drug-likeness (QED) is 0.286. The lowest BCUT2D eigenvalue weighted by Gasteiger charge is -2.53. The maximum Gasteiger partial charge on any atom is 0.230 e. The van der Waals surface area contributed by atoms with Gasteiger partial charge in [0.25, 0.3) is 0 Å². The van der Waals surface area contributed by atoms with Gasteiger partial charge in [-0.05, 0) is 128 Å². The molecule has 2 saturated carbocycles. The van der Waals surface area contributed by atoms with Crippen molar-refractivity contribution in [1.29, 1.82) is 0 Å². The number of hydrogen-bond acceptors (Lipinski definition) is 8. The van der Waals surface area contributed by atoms with Crippen LogP contribution in [0.3, 0.4) is 0 Å². The van der Waals surface area contributed by atoms with Gasteiger partial charge >= 0.3 is 0 Å². The van der Waals surface area contributed by atoms with Crippen LogP contribution < -0.4 is 14.7 Å². The molecule has 0 N–H and O–H groups in total. The number of piperazine rings is 1. The molecule has 51 heavy (non-hydrogen) atoms. The van der Waals surface area contributed by atoms with Crippen molar-refractivity contribution in [2.24, 2.45) is 34.5 Å². The van der Waals surface area contributed by atoms with Crippen LogP contribution in [0.2, 0.25) is 0 Å². The number of carbonyl (C=O) groups excluding carboxylic acids is 2. The first-order chi connectivity index (χ1) is 24.2. The van der Waals surface area contributed by atoms with Gasteiger partial charge in [0.05, 0.1) is 6.54 Å². The summed E-state index contributed by atoms with van der Waals surface area (Å²) in [5.41, 5.74) is 2.64. The van der Waals surface area contributed by atoms with Crippen LogP contribution >= 0.6 is 0 Å². The van der Waals surface area contributed by atoms with E-state index in [-0.39, 0.29) is 33.6 Å². The highest BCUT2D eigenvalue weighted by Crippen LogP contribution is 2.65. The van der Waals surface area contributed by atoms with E-state index in [0.717, 1.165) is 95.4 Å². The van der Waals surface area contributed by atoms with Crippen LogP contribution in [-0.2, 0) is 9.59 Å². The van der Waals surface area contributed by atoms with Gasteiger partial charge in [-0.1, -0.05) is 37.1 Å². The average Bonchev–Trinajstić information content (AvgIpc) is 3.70. The van der Waals surface area contributed by atoms with Gasteiger partial charge in [0.1, 0.15) is 11.6 Å². The predicted octanol–water partition coefficient (Wildman–Crippen LogP) is 7.41. The summed E-state index contributed by atoms with van der Waals surface area (Å²) in [7, 11) is 0. The number of anilines is 3. The van der Waals surface area contributed by atoms with Crippen LogP contribution in [0.25, 0.3) is 0 Å². The zero-order valence-electron chi connectivity index (χ0n) is 32.5. The van der Waals surface area contributed by atoms with Crippen molar-refractivity contribution in [2.75, 3.05) is 60.5 Å². The molecule has 8 heteroatoms. The summed E-state index contributed by atoms with van der Waals surface area (Å²) in [6, 6.07) is 2.23. The van der Waals surface area contributed by atoms with Crippen LogP contribution in [0.15, 0.2) is 41.5 Å². The topological polar surface area (TPSA) is 72.9 Å². The third-order valence-electron chi connectivity index (χ3n) is 14.8. The summed E-state index contributed by atoms with van der Waals surface area (Å²) in [5, 5.41) is 0. The molecule has 0 aromatic carbocycles. The van der Waals surface area contributed by atoms with Crippen molar-refractivity contribution >= 4 is 29.2 Å². The summed E-state index contributed by atoms with van der Waals surface area (Å²) in [5.74, 6) is 5.05. The monoisotopic (exact) mass is 694 g/mol. The van der Waals surface area contributed by atoms with E-state index in [0.29, 0.717) is 30.1 Å². The van der Waals surface area contributed by atoms with Gasteiger partial charge in [0.2, 0.25) is 5.95 Å². The molecule has 1 aromatic heterocycles. The maximum atomic E-state index is 14.4. The molecule has 0 radical (unpaired) electrons. The predicted molar refractivity (Wildman–Crippen MR) is 206 cm³/mol. The highest BCUT2D eigenvalue weighted by molar-refractivity contribution is 6.01. The highest BCUT2D eigenvalue weighted by atomic mass is 16.1.